The third-order valence-corrected chi connectivity index (χ3v) is 3.32. The Hall–Kier alpha value is -3.09. The highest BCUT2D eigenvalue weighted by Gasteiger charge is 2.19. The molecule has 0 saturated carbocycles. The molecule has 0 aromatic heterocycles. The van der Waals surface area contributed by atoms with Crippen LogP contribution in [0.3, 0.4) is 0 Å². The van der Waals surface area contributed by atoms with Crippen molar-refractivity contribution < 1.29 is 19.2 Å². The highest BCUT2D eigenvalue weighted by Crippen LogP contribution is 2.29. The summed E-state index contributed by atoms with van der Waals surface area (Å²) in [5, 5.41) is 13.5. The Morgan fingerprint density at radius 1 is 1.25 bits per heavy atom. The van der Waals surface area contributed by atoms with Gasteiger partial charge in [0.25, 0.3) is 11.6 Å². The number of aryl methyl sites for hydroxylation is 1. The van der Waals surface area contributed by atoms with Crippen LogP contribution in [0, 0.1) is 17.0 Å². The van der Waals surface area contributed by atoms with Gasteiger partial charge in [0.15, 0.2) is 6.10 Å². The molecule has 0 unspecified atom stereocenters. The summed E-state index contributed by atoms with van der Waals surface area (Å²) < 4.78 is 10.7. The van der Waals surface area contributed by atoms with Crippen LogP contribution in [0.1, 0.15) is 12.5 Å². The van der Waals surface area contributed by atoms with Crippen LogP contribution >= 0.6 is 0 Å². The van der Waals surface area contributed by atoms with Crippen molar-refractivity contribution in [3.05, 3.63) is 58.1 Å². The summed E-state index contributed by atoms with van der Waals surface area (Å²) in [6, 6.07) is 11.3. The molecule has 0 saturated heterocycles. The third kappa shape index (κ3) is 4.22. The topological polar surface area (TPSA) is 90.7 Å². The van der Waals surface area contributed by atoms with Crippen LogP contribution in [0.15, 0.2) is 42.5 Å². The number of amides is 1. The molecule has 0 aliphatic rings. The maximum atomic E-state index is 12.3. The molecule has 0 radical (unpaired) electrons. The van der Waals surface area contributed by atoms with E-state index in [4.69, 9.17) is 9.47 Å². The summed E-state index contributed by atoms with van der Waals surface area (Å²) in [5.74, 6) is 0.468. The van der Waals surface area contributed by atoms with Crippen molar-refractivity contribution in [2.45, 2.75) is 20.0 Å². The van der Waals surface area contributed by atoms with Crippen molar-refractivity contribution in [1.82, 2.24) is 0 Å². The van der Waals surface area contributed by atoms with Crippen molar-refractivity contribution >= 4 is 17.3 Å². The molecule has 7 heteroatoms. The van der Waals surface area contributed by atoms with Crippen molar-refractivity contribution in [3.63, 3.8) is 0 Å². The standard InChI is InChI=1S/C17H18N2O5/c1-11-5-4-6-14(9-11)24-12(2)17(20)18-15-10-13(19(21)22)7-8-16(15)23-3/h4-10,12H,1-3H3,(H,18,20)/t12-/m1/s1. The number of nitrogens with zero attached hydrogens (tertiary/aromatic N) is 1. The summed E-state index contributed by atoms with van der Waals surface area (Å²) in [4.78, 5) is 22.6. The van der Waals surface area contributed by atoms with Gasteiger partial charge in [0.05, 0.1) is 17.7 Å². The SMILES string of the molecule is COc1ccc([N+](=O)[O-])cc1NC(=O)[C@@H](C)Oc1cccc(C)c1. The minimum absolute atomic E-state index is 0.140. The van der Waals surface area contributed by atoms with Crippen molar-refractivity contribution in [3.8, 4) is 11.5 Å². The van der Waals surface area contributed by atoms with Crippen LogP contribution in [0.2, 0.25) is 0 Å². The van der Waals surface area contributed by atoms with Gasteiger partial charge in [-0.25, -0.2) is 0 Å². The Kier molecular flexibility index (Phi) is 5.36. The molecule has 0 heterocycles. The highest BCUT2D eigenvalue weighted by molar-refractivity contribution is 5.95. The predicted octanol–water partition coefficient (Wildman–Crippen LogP) is 3.32. The summed E-state index contributed by atoms with van der Waals surface area (Å²) in [6.45, 7) is 3.52. The molecule has 7 nitrogen and oxygen atoms in total. The third-order valence-electron chi connectivity index (χ3n) is 3.32. The average molecular weight is 330 g/mol. The van der Waals surface area contributed by atoms with E-state index in [0.717, 1.165) is 5.56 Å². The lowest BCUT2D eigenvalue weighted by molar-refractivity contribution is -0.384. The number of non-ortho nitro benzene ring substituents is 1. The summed E-state index contributed by atoms with van der Waals surface area (Å²) >= 11 is 0. The van der Waals surface area contributed by atoms with Gasteiger partial charge >= 0.3 is 0 Å². The second-order valence-corrected chi connectivity index (χ2v) is 5.21. The maximum absolute atomic E-state index is 12.3. The molecule has 2 rings (SSSR count). The number of hydrogen-bond donors (Lipinski definition) is 1. The largest absolute Gasteiger partial charge is 0.495 e. The van der Waals surface area contributed by atoms with E-state index in [1.54, 1.807) is 13.0 Å². The van der Waals surface area contributed by atoms with E-state index in [2.05, 4.69) is 5.32 Å². The molecule has 126 valence electrons. The Bertz CT molecular complexity index is 760. The number of anilines is 1. The number of carbonyl (C=O) groups is 1. The fraction of sp³-hybridized carbons (Fsp3) is 0.235. The van der Waals surface area contributed by atoms with Crippen molar-refractivity contribution in [1.29, 1.82) is 0 Å². The van der Waals surface area contributed by atoms with Gasteiger partial charge in [-0.2, -0.15) is 0 Å². The minimum atomic E-state index is -0.782. The zero-order valence-electron chi connectivity index (χ0n) is 13.6. The first-order chi connectivity index (χ1) is 11.4. The van der Waals surface area contributed by atoms with E-state index in [9.17, 15) is 14.9 Å². The van der Waals surface area contributed by atoms with Gasteiger partial charge in [0, 0.05) is 12.1 Å². The lowest BCUT2D eigenvalue weighted by Crippen LogP contribution is -2.30. The quantitative estimate of drug-likeness (QED) is 0.648. The molecular formula is C17H18N2O5. The zero-order chi connectivity index (χ0) is 17.7. The fourth-order valence-corrected chi connectivity index (χ4v) is 2.09. The second kappa shape index (κ2) is 7.45. The van der Waals surface area contributed by atoms with Crippen LogP contribution in [-0.2, 0) is 4.79 Å². The van der Waals surface area contributed by atoms with Gasteiger partial charge in [0.1, 0.15) is 11.5 Å². The van der Waals surface area contributed by atoms with Gasteiger partial charge in [-0.3, -0.25) is 14.9 Å². The molecule has 0 bridgehead atoms. The van der Waals surface area contributed by atoms with E-state index < -0.39 is 16.9 Å². The first-order valence-electron chi connectivity index (χ1n) is 7.27. The Morgan fingerprint density at radius 3 is 2.62 bits per heavy atom. The molecule has 0 spiro atoms. The number of hydrogen-bond acceptors (Lipinski definition) is 5. The lowest BCUT2D eigenvalue weighted by Gasteiger charge is -2.16. The molecular weight excluding hydrogens is 312 g/mol. The van der Waals surface area contributed by atoms with Crippen LogP contribution in [0.4, 0.5) is 11.4 Å². The Balaban J connectivity index is 2.13. The zero-order valence-corrected chi connectivity index (χ0v) is 13.6. The van der Waals surface area contributed by atoms with E-state index in [-0.39, 0.29) is 11.4 Å². The average Bonchev–Trinajstić information content (AvgIpc) is 2.54. The van der Waals surface area contributed by atoms with Gasteiger partial charge < -0.3 is 14.8 Å². The van der Waals surface area contributed by atoms with Crippen molar-refractivity contribution in [2.75, 3.05) is 12.4 Å². The molecule has 0 aliphatic heterocycles. The smallest absolute Gasteiger partial charge is 0.271 e. The summed E-state index contributed by atoms with van der Waals surface area (Å²) in [5.41, 5.74) is 1.09. The number of nitrogens with one attached hydrogen (secondary N) is 1. The lowest BCUT2D eigenvalue weighted by atomic mass is 10.2. The van der Waals surface area contributed by atoms with Gasteiger partial charge in [0.2, 0.25) is 0 Å². The van der Waals surface area contributed by atoms with E-state index in [0.29, 0.717) is 11.5 Å². The number of benzene rings is 2. The highest BCUT2D eigenvalue weighted by atomic mass is 16.6. The van der Waals surface area contributed by atoms with Gasteiger partial charge in [-0.1, -0.05) is 12.1 Å². The molecule has 0 aliphatic carbocycles. The number of nitro groups is 1. The first kappa shape index (κ1) is 17.3. The normalized spacial score (nSPS) is 11.5. The molecule has 1 atom stereocenters. The van der Waals surface area contributed by atoms with Crippen molar-refractivity contribution in [2.24, 2.45) is 0 Å². The van der Waals surface area contributed by atoms with E-state index in [1.807, 2.05) is 25.1 Å². The van der Waals surface area contributed by atoms with E-state index in [1.165, 1.54) is 25.3 Å². The Morgan fingerprint density at radius 2 is 2.00 bits per heavy atom. The predicted molar refractivity (Wildman–Crippen MR) is 89.5 cm³/mol. The number of rotatable bonds is 6. The van der Waals surface area contributed by atoms with E-state index >= 15 is 0 Å². The first-order valence-corrected chi connectivity index (χ1v) is 7.27. The summed E-state index contributed by atoms with van der Waals surface area (Å²) in [6.07, 6.45) is -0.782. The number of ether oxygens (including phenoxy) is 2. The van der Waals surface area contributed by atoms with Crippen LogP contribution in [0.5, 0.6) is 11.5 Å². The monoisotopic (exact) mass is 330 g/mol. The van der Waals surface area contributed by atoms with Gasteiger partial charge in [-0.15, -0.1) is 0 Å². The van der Waals surface area contributed by atoms with Crippen LogP contribution in [0.25, 0.3) is 0 Å². The second-order valence-electron chi connectivity index (χ2n) is 5.21. The van der Waals surface area contributed by atoms with Crippen LogP contribution < -0.4 is 14.8 Å². The fourth-order valence-electron chi connectivity index (χ4n) is 2.09. The molecule has 1 amide bonds. The number of nitro benzene ring substituents is 1. The van der Waals surface area contributed by atoms with Crippen LogP contribution in [-0.4, -0.2) is 24.0 Å². The number of carbonyl (C=O) groups excluding carboxylic acids is 1. The molecule has 2 aromatic carbocycles. The minimum Gasteiger partial charge on any atom is -0.495 e. The summed E-state index contributed by atoms with van der Waals surface area (Å²) in [7, 11) is 1.42. The maximum Gasteiger partial charge on any atom is 0.271 e. The molecule has 24 heavy (non-hydrogen) atoms. The Labute approximate surface area is 139 Å². The molecule has 1 N–H and O–H groups in total. The molecule has 2 aromatic rings. The number of methoxy groups -OCH3 is 1. The molecule has 0 fully saturated rings. The van der Waals surface area contributed by atoms with Gasteiger partial charge in [-0.05, 0) is 37.6 Å².